The lowest BCUT2D eigenvalue weighted by Crippen LogP contribution is -2.14. The molecule has 0 aromatic rings. The monoisotopic (exact) mass is 199 g/mol. The van der Waals surface area contributed by atoms with Crippen LogP contribution in [0.25, 0.3) is 0 Å². The highest BCUT2D eigenvalue weighted by Crippen LogP contribution is 1.84. The number of nitrogens with one attached hydrogen (secondary N) is 1. The zero-order valence-corrected chi connectivity index (χ0v) is 8.50. The molecule has 68 valence electrons. The molecule has 0 spiro atoms. The van der Waals surface area contributed by atoms with E-state index in [0.717, 1.165) is 0 Å². The average molecular weight is 200 g/mol. The molecule has 0 aromatic carbocycles. The number of hydrogen-bond donors (Lipinski definition) is 1. The molecule has 2 nitrogen and oxygen atoms in total. The van der Waals surface area contributed by atoms with Gasteiger partial charge in [0.25, 0.3) is 0 Å². The first-order valence-electron chi connectivity index (χ1n) is 3.70. The van der Waals surface area contributed by atoms with Gasteiger partial charge in [0, 0.05) is 0 Å². The Balaban J connectivity index is 0. The summed E-state index contributed by atoms with van der Waals surface area (Å²) in [5.41, 5.74) is 0. The van der Waals surface area contributed by atoms with Crippen molar-refractivity contribution >= 4 is 27.9 Å². The van der Waals surface area contributed by atoms with E-state index in [1.54, 1.807) is 0 Å². The van der Waals surface area contributed by atoms with Gasteiger partial charge in [-0.15, -0.1) is 0 Å². The Hall–Kier alpha value is 0.210. The Labute approximate surface area is 78.3 Å². The van der Waals surface area contributed by atoms with Gasteiger partial charge in [-0.25, -0.2) is 0 Å². The van der Waals surface area contributed by atoms with Crippen LogP contribution in [0.2, 0.25) is 0 Å². The van der Waals surface area contributed by atoms with Gasteiger partial charge in [0.1, 0.15) is 0 Å². The molecule has 1 N–H and O–H groups in total. The Bertz CT molecular complexity index is 80.5. The van der Waals surface area contributed by atoms with E-state index in [1.165, 1.54) is 25.9 Å². The second-order valence-electron chi connectivity index (χ2n) is 1.98. The molecule has 0 saturated heterocycles. The Morgan fingerprint density at radius 2 is 1.45 bits per heavy atom. The maximum absolute atomic E-state index is 8.98. The summed E-state index contributed by atoms with van der Waals surface area (Å²) in [5.74, 6) is 0. The van der Waals surface area contributed by atoms with Gasteiger partial charge in [-0.3, -0.25) is 4.79 Å². The van der Waals surface area contributed by atoms with Crippen molar-refractivity contribution in [1.29, 1.82) is 0 Å². The molecular weight excluding hydrogens is 185 g/mol. The van der Waals surface area contributed by atoms with Crippen molar-refractivity contribution in [3.8, 4) is 0 Å². The number of halogens is 2. The Morgan fingerprint density at radius 1 is 1.18 bits per heavy atom. The predicted octanol–water partition coefficient (Wildman–Crippen LogP) is 2.98. The highest BCUT2D eigenvalue weighted by atomic mass is 35.5. The van der Waals surface area contributed by atoms with Gasteiger partial charge in [-0.2, -0.15) is 0 Å². The van der Waals surface area contributed by atoms with Crippen molar-refractivity contribution in [2.75, 3.05) is 13.1 Å². The van der Waals surface area contributed by atoms with Crippen molar-refractivity contribution in [3.05, 3.63) is 0 Å². The summed E-state index contributed by atoms with van der Waals surface area (Å²) >= 11 is 8.80. The summed E-state index contributed by atoms with van der Waals surface area (Å²) in [6.07, 6.45) is 2.50. The first kappa shape index (κ1) is 13.8. The lowest BCUT2D eigenvalue weighted by molar-refractivity contribution is 0.275. The second kappa shape index (κ2) is 12.8. The normalized spacial score (nSPS) is 8.36. The molecule has 0 radical (unpaired) electrons. The molecule has 0 atom stereocenters. The van der Waals surface area contributed by atoms with Crippen LogP contribution in [0.1, 0.15) is 26.7 Å². The first-order chi connectivity index (χ1) is 5.15. The third-order valence-electron chi connectivity index (χ3n) is 0.854. The number of hydrogen-bond acceptors (Lipinski definition) is 2. The zero-order chi connectivity index (χ0) is 9.11. The molecule has 0 amide bonds. The van der Waals surface area contributed by atoms with Gasteiger partial charge in [0.15, 0.2) is 0 Å². The fraction of sp³-hybridized carbons (Fsp3) is 0.857. The van der Waals surface area contributed by atoms with Crippen LogP contribution in [0.4, 0.5) is 4.79 Å². The van der Waals surface area contributed by atoms with Gasteiger partial charge in [0.05, 0.1) is 0 Å². The van der Waals surface area contributed by atoms with Crippen LogP contribution in [-0.4, -0.2) is 17.8 Å². The topological polar surface area (TPSA) is 29.1 Å². The number of carbonyl (C=O) groups excluding carboxylic acids is 1. The fourth-order valence-corrected chi connectivity index (χ4v) is 0.479. The highest BCUT2D eigenvalue weighted by Gasteiger charge is 1.76. The van der Waals surface area contributed by atoms with E-state index in [1.807, 2.05) is 0 Å². The van der Waals surface area contributed by atoms with E-state index in [0.29, 0.717) is 0 Å². The second-order valence-corrected chi connectivity index (χ2v) is 2.86. The van der Waals surface area contributed by atoms with Crippen LogP contribution in [0.3, 0.4) is 0 Å². The molecule has 0 heterocycles. The van der Waals surface area contributed by atoms with Gasteiger partial charge >= 0.3 is 4.70 Å². The lowest BCUT2D eigenvalue weighted by atomic mass is 10.4. The molecule has 11 heavy (non-hydrogen) atoms. The van der Waals surface area contributed by atoms with Crippen LogP contribution >= 0.6 is 23.2 Å². The molecule has 0 aromatic heterocycles. The molecule has 0 aliphatic rings. The summed E-state index contributed by atoms with van der Waals surface area (Å²) in [6, 6.07) is 0. The van der Waals surface area contributed by atoms with Crippen LogP contribution in [0, 0.1) is 0 Å². The van der Waals surface area contributed by atoms with E-state index in [4.69, 9.17) is 4.79 Å². The molecule has 0 bridgehead atoms. The fourth-order valence-electron chi connectivity index (χ4n) is 0.479. The first-order valence-corrected chi connectivity index (χ1v) is 4.46. The third-order valence-corrected chi connectivity index (χ3v) is 0.854. The predicted molar refractivity (Wildman–Crippen MR) is 50.6 cm³/mol. The molecular formula is C7H15Cl2NO. The maximum atomic E-state index is 8.98. The molecule has 0 rings (SSSR count). The molecule has 0 fully saturated rings. The lowest BCUT2D eigenvalue weighted by Gasteiger charge is -1.95. The molecule has 0 unspecified atom stereocenters. The van der Waals surface area contributed by atoms with Crippen LogP contribution in [-0.2, 0) is 0 Å². The number of carbonyl (C=O) groups is 1. The molecule has 0 saturated carbocycles. The third kappa shape index (κ3) is 38.8. The van der Waals surface area contributed by atoms with Gasteiger partial charge in [-0.05, 0) is 49.1 Å². The zero-order valence-electron chi connectivity index (χ0n) is 6.99. The minimum atomic E-state index is -0.889. The quantitative estimate of drug-likeness (QED) is 0.558. The largest absolute Gasteiger partial charge is 0.317 e. The standard InChI is InChI=1S/C6H15N.CCl2O/c1-3-5-7-6-4-2;2-1(3)4/h7H,3-6H2,1-2H3;. The highest BCUT2D eigenvalue weighted by molar-refractivity contribution is 6.93. The van der Waals surface area contributed by atoms with Crippen LogP contribution in [0.5, 0.6) is 0 Å². The van der Waals surface area contributed by atoms with Crippen molar-refractivity contribution < 1.29 is 4.79 Å². The van der Waals surface area contributed by atoms with E-state index < -0.39 is 4.70 Å². The summed E-state index contributed by atoms with van der Waals surface area (Å²) < 4.78 is -0.889. The summed E-state index contributed by atoms with van der Waals surface area (Å²) in [5, 5.41) is 3.28. The van der Waals surface area contributed by atoms with Gasteiger partial charge in [0.2, 0.25) is 0 Å². The van der Waals surface area contributed by atoms with Crippen molar-refractivity contribution in [1.82, 2.24) is 5.32 Å². The van der Waals surface area contributed by atoms with E-state index in [2.05, 4.69) is 42.4 Å². The van der Waals surface area contributed by atoms with E-state index in [-0.39, 0.29) is 0 Å². The summed E-state index contributed by atoms with van der Waals surface area (Å²) in [4.78, 5) is 8.98. The average Bonchev–Trinajstić information content (AvgIpc) is 1.88. The van der Waals surface area contributed by atoms with Crippen molar-refractivity contribution in [2.45, 2.75) is 26.7 Å². The van der Waals surface area contributed by atoms with Crippen molar-refractivity contribution in [2.24, 2.45) is 0 Å². The number of rotatable bonds is 4. The Morgan fingerprint density at radius 3 is 1.64 bits per heavy atom. The molecule has 0 aliphatic heterocycles. The Kier molecular flexibility index (Phi) is 16.1. The van der Waals surface area contributed by atoms with E-state index >= 15 is 0 Å². The van der Waals surface area contributed by atoms with Crippen molar-refractivity contribution in [3.63, 3.8) is 0 Å². The smallest absolute Gasteiger partial charge is 0.313 e. The SMILES string of the molecule is CCCNCCC.O=C(Cl)Cl. The summed E-state index contributed by atoms with van der Waals surface area (Å²) in [6.45, 7) is 6.72. The minimum absolute atomic E-state index is 0.889. The summed E-state index contributed by atoms with van der Waals surface area (Å²) in [7, 11) is 0. The van der Waals surface area contributed by atoms with Gasteiger partial charge in [-0.1, -0.05) is 13.8 Å². The van der Waals surface area contributed by atoms with Gasteiger partial charge < -0.3 is 5.32 Å². The molecule has 4 heteroatoms. The van der Waals surface area contributed by atoms with Crippen LogP contribution < -0.4 is 5.32 Å². The van der Waals surface area contributed by atoms with E-state index in [9.17, 15) is 0 Å². The van der Waals surface area contributed by atoms with Crippen LogP contribution in [0.15, 0.2) is 0 Å². The molecule has 0 aliphatic carbocycles. The maximum Gasteiger partial charge on any atom is 0.313 e. The minimum Gasteiger partial charge on any atom is -0.317 e.